The Kier molecular flexibility index (Phi) is 5.59. The van der Waals surface area contributed by atoms with Crippen molar-refractivity contribution < 1.29 is 9.72 Å². The summed E-state index contributed by atoms with van der Waals surface area (Å²) in [6.07, 6.45) is 1.95. The zero-order chi connectivity index (χ0) is 15.1. The molecule has 0 aliphatic heterocycles. The quantitative estimate of drug-likeness (QED) is 0.350. The van der Waals surface area contributed by atoms with Gasteiger partial charge in [-0.05, 0) is 6.42 Å². The van der Waals surface area contributed by atoms with Crippen LogP contribution in [0.3, 0.4) is 0 Å². The minimum Gasteiger partial charge on any atom is -0.355 e. The Balaban J connectivity index is 2.95. The number of carbonyl (C=O) groups is 1. The third-order valence-corrected chi connectivity index (χ3v) is 2.44. The summed E-state index contributed by atoms with van der Waals surface area (Å²) in [5, 5.41) is 13.7. The van der Waals surface area contributed by atoms with Gasteiger partial charge in [-0.1, -0.05) is 6.92 Å². The summed E-state index contributed by atoms with van der Waals surface area (Å²) in [4.78, 5) is 30.9. The van der Waals surface area contributed by atoms with Crippen LogP contribution in [-0.4, -0.2) is 40.9 Å². The minimum atomic E-state index is -0.648. The lowest BCUT2D eigenvalue weighted by molar-refractivity contribution is -0.383. The van der Waals surface area contributed by atoms with Crippen LogP contribution < -0.4 is 21.5 Å². The van der Waals surface area contributed by atoms with Gasteiger partial charge >= 0.3 is 5.69 Å². The number of hydrazine groups is 1. The number of anilines is 2. The van der Waals surface area contributed by atoms with Crippen LogP contribution in [0.25, 0.3) is 0 Å². The van der Waals surface area contributed by atoms with Crippen LogP contribution in [0.2, 0.25) is 0 Å². The topological polar surface area (TPSA) is 139 Å². The highest BCUT2D eigenvalue weighted by Crippen LogP contribution is 2.30. The summed E-state index contributed by atoms with van der Waals surface area (Å²) in [7, 11) is 1.53. The third-order valence-electron chi connectivity index (χ3n) is 2.44. The molecule has 110 valence electrons. The van der Waals surface area contributed by atoms with Gasteiger partial charge in [-0.25, -0.2) is 15.8 Å². The molecule has 0 fully saturated rings. The molecule has 20 heavy (non-hydrogen) atoms. The van der Waals surface area contributed by atoms with Crippen LogP contribution in [0, 0.1) is 10.1 Å². The normalized spacial score (nSPS) is 9.95. The molecule has 0 aromatic carbocycles. The highest BCUT2D eigenvalue weighted by Gasteiger charge is 2.25. The average Bonchev–Trinajstić information content (AvgIpc) is 2.43. The Morgan fingerprint density at radius 3 is 2.80 bits per heavy atom. The number of likely N-dealkylation sites (N-methyl/N-ethyl adjacent to an activating group) is 1. The first-order valence-corrected chi connectivity index (χ1v) is 5.95. The molecule has 1 heterocycles. The largest absolute Gasteiger partial charge is 0.355 e. The van der Waals surface area contributed by atoms with Crippen molar-refractivity contribution in [3.05, 3.63) is 16.4 Å². The van der Waals surface area contributed by atoms with Crippen LogP contribution in [0.15, 0.2) is 6.33 Å². The SMILES string of the molecule is CCCNC(=O)CN(C)c1ncnc(NN)c1[N+](=O)[O-]. The zero-order valence-electron chi connectivity index (χ0n) is 11.3. The standard InChI is InChI=1S/C10H17N7O3/c1-3-4-12-7(18)5-16(2)10-8(17(19)20)9(15-11)13-6-14-10/h6H,3-5,11H2,1-2H3,(H,12,18)(H,13,14,15). The molecule has 10 heteroatoms. The first kappa shape index (κ1) is 15.6. The van der Waals surface area contributed by atoms with E-state index in [1.165, 1.54) is 11.9 Å². The predicted molar refractivity (Wildman–Crippen MR) is 73.1 cm³/mol. The molecule has 1 aromatic heterocycles. The second-order valence-corrected chi connectivity index (χ2v) is 4.00. The molecule has 1 aromatic rings. The number of nitro groups is 1. The van der Waals surface area contributed by atoms with Crippen molar-refractivity contribution >= 4 is 23.2 Å². The number of nitrogens with one attached hydrogen (secondary N) is 2. The molecule has 4 N–H and O–H groups in total. The molecule has 0 bridgehead atoms. The fourth-order valence-corrected chi connectivity index (χ4v) is 1.53. The van der Waals surface area contributed by atoms with Crippen LogP contribution in [0.4, 0.5) is 17.3 Å². The maximum absolute atomic E-state index is 11.6. The first-order chi connectivity index (χ1) is 9.51. The Morgan fingerprint density at radius 2 is 2.25 bits per heavy atom. The summed E-state index contributed by atoms with van der Waals surface area (Å²) in [5.74, 6) is 4.84. The van der Waals surface area contributed by atoms with Crippen molar-refractivity contribution in [2.75, 3.05) is 30.5 Å². The van der Waals surface area contributed by atoms with Gasteiger partial charge < -0.3 is 15.6 Å². The van der Waals surface area contributed by atoms with Crippen molar-refractivity contribution in [1.82, 2.24) is 15.3 Å². The number of nitrogen functional groups attached to an aromatic ring is 1. The summed E-state index contributed by atoms with van der Waals surface area (Å²) >= 11 is 0. The van der Waals surface area contributed by atoms with Gasteiger partial charge in [0.2, 0.25) is 17.5 Å². The summed E-state index contributed by atoms with van der Waals surface area (Å²) in [6, 6.07) is 0. The molecule has 0 radical (unpaired) electrons. The number of hydrogen-bond acceptors (Lipinski definition) is 8. The number of amides is 1. The van der Waals surface area contributed by atoms with E-state index in [0.29, 0.717) is 6.54 Å². The number of hydrogen-bond donors (Lipinski definition) is 3. The number of nitrogens with zero attached hydrogens (tertiary/aromatic N) is 4. The van der Waals surface area contributed by atoms with Crippen LogP contribution in [-0.2, 0) is 4.79 Å². The third kappa shape index (κ3) is 3.75. The van der Waals surface area contributed by atoms with Crippen molar-refractivity contribution in [1.29, 1.82) is 0 Å². The second kappa shape index (κ2) is 7.19. The van der Waals surface area contributed by atoms with Crippen molar-refractivity contribution in [3.8, 4) is 0 Å². The van der Waals surface area contributed by atoms with E-state index in [1.54, 1.807) is 0 Å². The molecule has 0 saturated carbocycles. The van der Waals surface area contributed by atoms with E-state index in [0.717, 1.165) is 12.7 Å². The summed E-state index contributed by atoms with van der Waals surface area (Å²) in [6.45, 7) is 2.43. The van der Waals surface area contributed by atoms with Crippen LogP contribution in [0.5, 0.6) is 0 Å². The monoisotopic (exact) mass is 283 g/mol. The zero-order valence-corrected chi connectivity index (χ0v) is 11.3. The molecule has 0 saturated heterocycles. The summed E-state index contributed by atoms with van der Waals surface area (Å²) < 4.78 is 0. The van der Waals surface area contributed by atoms with Crippen molar-refractivity contribution in [3.63, 3.8) is 0 Å². The molecular weight excluding hydrogens is 266 g/mol. The highest BCUT2D eigenvalue weighted by atomic mass is 16.6. The van der Waals surface area contributed by atoms with E-state index in [1.807, 2.05) is 6.92 Å². The minimum absolute atomic E-state index is 0.0181. The fraction of sp³-hybridized carbons (Fsp3) is 0.500. The smallest absolute Gasteiger partial charge is 0.354 e. The van der Waals surface area contributed by atoms with Crippen LogP contribution >= 0.6 is 0 Å². The van der Waals surface area contributed by atoms with Crippen LogP contribution in [0.1, 0.15) is 13.3 Å². The number of carbonyl (C=O) groups excluding carboxylic acids is 1. The molecule has 1 rings (SSSR count). The van der Waals surface area contributed by atoms with E-state index in [2.05, 4.69) is 20.7 Å². The van der Waals surface area contributed by atoms with Gasteiger partial charge in [-0.3, -0.25) is 14.9 Å². The fourth-order valence-electron chi connectivity index (χ4n) is 1.53. The van der Waals surface area contributed by atoms with Gasteiger partial charge in [0.1, 0.15) is 6.33 Å². The lowest BCUT2D eigenvalue weighted by Crippen LogP contribution is -2.36. The van der Waals surface area contributed by atoms with Gasteiger partial charge in [0.15, 0.2) is 0 Å². The highest BCUT2D eigenvalue weighted by molar-refractivity contribution is 5.82. The van der Waals surface area contributed by atoms with Gasteiger partial charge in [0.05, 0.1) is 11.5 Å². The van der Waals surface area contributed by atoms with E-state index < -0.39 is 4.92 Å². The number of nitrogens with two attached hydrogens (primary N) is 1. The molecule has 0 spiro atoms. The average molecular weight is 283 g/mol. The Morgan fingerprint density at radius 1 is 1.55 bits per heavy atom. The van der Waals surface area contributed by atoms with Gasteiger partial charge in [-0.15, -0.1) is 0 Å². The van der Waals surface area contributed by atoms with Gasteiger partial charge in [-0.2, -0.15) is 0 Å². The Hall–Kier alpha value is -2.49. The molecule has 0 unspecified atom stereocenters. The Labute approximate surface area is 115 Å². The maximum atomic E-state index is 11.6. The molecule has 0 aliphatic rings. The van der Waals surface area contributed by atoms with E-state index in [-0.39, 0.29) is 29.8 Å². The molecule has 1 amide bonds. The molecular formula is C10H17N7O3. The lowest BCUT2D eigenvalue weighted by Gasteiger charge is -2.17. The first-order valence-electron chi connectivity index (χ1n) is 5.95. The van der Waals surface area contributed by atoms with Crippen molar-refractivity contribution in [2.24, 2.45) is 5.84 Å². The number of rotatable bonds is 7. The Bertz CT molecular complexity index is 494. The van der Waals surface area contributed by atoms with Gasteiger partial charge in [0.25, 0.3) is 0 Å². The van der Waals surface area contributed by atoms with E-state index in [9.17, 15) is 14.9 Å². The second-order valence-electron chi connectivity index (χ2n) is 4.00. The maximum Gasteiger partial charge on any atom is 0.354 e. The van der Waals surface area contributed by atoms with Crippen molar-refractivity contribution in [2.45, 2.75) is 13.3 Å². The van der Waals surface area contributed by atoms with E-state index in [4.69, 9.17) is 5.84 Å². The summed E-state index contributed by atoms with van der Waals surface area (Å²) in [5.41, 5.74) is 1.77. The molecule has 10 nitrogen and oxygen atoms in total. The number of aromatic nitrogens is 2. The molecule has 0 aliphatic carbocycles. The molecule has 0 atom stereocenters. The lowest BCUT2D eigenvalue weighted by atomic mass is 10.4. The van der Waals surface area contributed by atoms with Gasteiger partial charge in [0, 0.05) is 13.6 Å². The van der Waals surface area contributed by atoms with E-state index >= 15 is 0 Å². The predicted octanol–water partition coefficient (Wildman–Crippen LogP) is -0.367.